The Bertz CT molecular complexity index is 300. The standard InChI is InChI=1S/C16H31ClN2O/c1-13(2)19-7-8-20-15(11-19)10-18-16(12-17)6-4-5-14(3)9-16/h13-15,18H,4-12H2,1-3H3. The number of alkyl halides is 1. The molecule has 1 saturated carbocycles. The number of morpholine rings is 1. The van der Waals surface area contributed by atoms with Crippen molar-refractivity contribution in [3.63, 3.8) is 0 Å². The van der Waals surface area contributed by atoms with Gasteiger partial charge in [0, 0.05) is 37.1 Å². The zero-order valence-corrected chi connectivity index (χ0v) is 14.1. The number of rotatable bonds is 5. The number of hydrogen-bond acceptors (Lipinski definition) is 3. The van der Waals surface area contributed by atoms with Gasteiger partial charge in [-0.25, -0.2) is 0 Å². The summed E-state index contributed by atoms with van der Waals surface area (Å²) >= 11 is 6.29. The van der Waals surface area contributed by atoms with Crippen LogP contribution in [0, 0.1) is 5.92 Å². The van der Waals surface area contributed by atoms with E-state index in [4.69, 9.17) is 16.3 Å². The van der Waals surface area contributed by atoms with E-state index in [2.05, 4.69) is 31.0 Å². The highest BCUT2D eigenvalue weighted by Gasteiger charge is 2.35. The maximum atomic E-state index is 6.29. The normalized spacial score (nSPS) is 36.5. The Morgan fingerprint density at radius 2 is 2.25 bits per heavy atom. The lowest BCUT2D eigenvalue weighted by molar-refractivity contribution is -0.0409. The molecule has 1 heterocycles. The molecule has 20 heavy (non-hydrogen) atoms. The number of nitrogens with zero attached hydrogens (tertiary/aromatic N) is 1. The summed E-state index contributed by atoms with van der Waals surface area (Å²) in [6.07, 6.45) is 5.37. The minimum absolute atomic E-state index is 0.142. The molecule has 2 aliphatic rings. The van der Waals surface area contributed by atoms with Crippen molar-refractivity contribution < 1.29 is 4.74 Å². The molecule has 3 unspecified atom stereocenters. The minimum atomic E-state index is 0.142. The number of hydrogen-bond donors (Lipinski definition) is 1. The Morgan fingerprint density at radius 1 is 1.45 bits per heavy atom. The van der Waals surface area contributed by atoms with Crippen molar-refractivity contribution in [1.29, 1.82) is 0 Å². The third-order valence-corrected chi connectivity index (χ3v) is 5.46. The quantitative estimate of drug-likeness (QED) is 0.790. The molecule has 1 saturated heterocycles. The predicted molar refractivity (Wildman–Crippen MR) is 85.5 cm³/mol. The van der Waals surface area contributed by atoms with Crippen molar-refractivity contribution in [3.05, 3.63) is 0 Å². The number of ether oxygens (including phenoxy) is 1. The second-order valence-electron chi connectivity index (χ2n) is 7.08. The van der Waals surface area contributed by atoms with E-state index >= 15 is 0 Å². The van der Waals surface area contributed by atoms with Crippen LogP contribution in [-0.2, 0) is 4.74 Å². The maximum Gasteiger partial charge on any atom is 0.0827 e. The average Bonchev–Trinajstić information content (AvgIpc) is 2.45. The molecule has 3 atom stereocenters. The van der Waals surface area contributed by atoms with Crippen LogP contribution in [0.2, 0.25) is 0 Å². The average molecular weight is 303 g/mol. The number of halogens is 1. The Balaban J connectivity index is 1.83. The fraction of sp³-hybridized carbons (Fsp3) is 1.00. The first-order valence-electron chi connectivity index (χ1n) is 8.21. The van der Waals surface area contributed by atoms with Gasteiger partial charge < -0.3 is 10.1 Å². The lowest BCUT2D eigenvalue weighted by Gasteiger charge is -2.42. The lowest BCUT2D eigenvalue weighted by Crippen LogP contribution is -2.56. The molecule has 1 aliphatic heterocycles. The summed E-state index contributed by atoms with van der Waals surface area (Å²) in [7, 11) is 0. The van der Waals surface area contributed by atoms with Gasteiger partial charge in [0.1, 0.15) is 0 Å². The molecule has 0 aromatic heterocycles. The molecule has 3 nitrogen and oxygen atoms in total. The smallest absolute Gasteiger partial charge is 0.0827 e. The molecule has 0 spiro atoms. The topological polar surface area (TPSA) is 24.5 Å². The highest BCUT2D eigenvalue weighted by molar-refractivity contribution is 6.18. The summed E-state index contributed by atoms with van der Waals surface area (Å²) in [4.78, 5) is 2.51. The van der Waals surface area contributed by atoms with E-state index in [0.717, 1.165) is 38.0 Å². The van der Waals surface area contributed by atoms with Crippen molar-refractivity contribution >= 4 is 11.6 Å². The zero-order valence-electron chi connectivity index (χ0n) is 13.3. The second-order valence-corrected chi connectivity index (χ2v) is 7.35. The highest BCUT2D eigenvalue weighted by atomic mass is 35.5. The Kier molecular flexibility index (Phi) is 6.15. The van der Waals surface area contributed by atoms with Crippen LogP contribution in [0.15, 0.2) is 0 Å². The first-order chi connectivity index (χ1) is 9.54. The first kappa shape index (κ1) is 16.5. The van der Waals surface area contributed by atoms with Gasteiger partial charge in [-0.3, -0.25) is 4.90 Å². The van der Waals surface area contributed by atoms with Gasteiger partial charge in [-0.15, -0.1) is 11.6 Å². The second kappa shape index (κ2) is 7.44. The lowest BCUT2D eigenvalue weighted by atomic mass is 9.77. The van der Waals surface area contributed by atoms with Gasteiger partial charge in [0.05, 0.1) is 12.7 Å². The molecule has 0 aromatic carbocycles. The van der Waals surface area contributed by atoms with Gasteiger partial charge in [0.25, 0.3) is 0 Å². The molecule has 0 radical (unpaired) electrons. The molecule has 0 bridgehead atoms. The molecule has 0 aromatic rings. The van der Waals surface area contributed by atoms with E-state index in [0.29, 0.717) is 12.1 Å². The van der Waals surface area contributed by atoms with Crippen molar-refractivity contribution in [2.75, 3.05) is 32.1 Å². The Labute approximate surface area is 129 Å². The monoisotopic (exact) mass is 302 g/mol. The summed E-state index contributed by atoms with van der Waals surface area (Å²) in [5, 5.41) is 3.76. The van der Waals surface area contributed by atoms with Crippen molar-refractivity contribution in [1.82, 2.24) is 10.2 Å². The fourth-order valence-corrected chi connectivity index (χ4v) is 3.99. The molecule has 0 amide bonds. The van der Waals surface area contributed by atoms with Crippen molar-refractivity contribution in [3.8, 4) is 0 Å². The summed E-state index contributed by atoms with van der Waals surface area (Å²) in [6.45, 7) is 10.8. The molecular formula is C16H31ClN2O. The van der Waals surface area contributed by atoms with E-state index in [9.17, 15) is 0 Å². The van der Waals surface area contributed by atoms with Crippen LogP contribution < -0.4 is 5.32 Å². The third kappa shape index (κ3) is 4.33. The van der Waals surface area contributed by atoms with Crippen LogP contribution in [0.25, 0.3) is 0 Å². The molecule has 1 N–H and O–H groups in total. The summed E-state index contributed by atoms with van der Waals surface area (Å²) in [6, 6.07) is 0.609. The Hall–Kier alpha value is 0.170. The first-order valence-corrected chi connectivity index (χ1v) is 8.75. The van der Waals surface area contributed by atoms with Gasteiger partial charge in [0.2, 0.25) is 0 Å². The van der Waals surface area contributed by atoms with E-state index in [-0.39, 0.29) is 5.54 Å². The summed E-state index contributed by atoms with van der Waals surface area (Å²) < 4.78 is 5.92. The van der Waals surface area contributed by atoms with Gasteiger partial charge in [-0.05, 0) is 32.6 Å². The van der Waals surface area contributed by atoms with Gasteiger partial charge >= 0.3 is 0 Å². The van der Waals surface area contributed by atoms with Gasteiger partial charge in [-0.2, -0.15) is 0 Å². The van der Waals surface area contributed by atoms with Crippen LogP contribution in [0.1, 0.15) is 46.5 Å². The van der Waals surface area contributed by atoms with Crippen LogP contribution in [0.4, 0.5) is 0 Å². The van der Waals surface area contributed by atoms with Crippen LogP contribution >= 0.6 is 11.6 Å². The van der Waals surface area contributed by atoms with E-state index in [1.807, 2.05) is 0 Å². The van der Waals surface area contributed by atoms with Crippen molar-refractivity contribution in [2.45, 2.75) is 64.1 Å². The number of nitrogens with one attached hydrogen (secondary N) is 1. The molecule has 1 aliphatic carbocycles. The predicted octanol–water partition coefficient (Wildman–Crippen LogP) is 2.87. The molecular weight excluding hydrogens is 272 g/mol. The van der Waals surface area contributed by atoms with Crippen LogP contribution in [0.3, 0.4) is 0 Å². The SMILES string of the molecule is CC1CCCC(CCl)(NCC2CN(C(C)C)CCO2)C1. The van der Waals surface area contributed by atoms with E-state index in [1.165, 1.54) is 25.7 Å². The highest BCUT2D eigenvalue weighted by Crippen LogP contribution is 2.33. The van der Waals surface area contributed by atoms with Crippen LogP contribution in [0.5, 0.6) is 0 Å². The summed E-state index contributed by atoms with van der Waals surface area (Å²) in [5.41, 5.74) is 0.142. The van der Waals surface area contributed by atoms with E-state index < -0.39 is 0 Å². The molecule has 4 heteroatoms. The maximum absolute atomic E-state index is 6.29. The Morgan fingerprint density at radius 3 is 2.90 bits per heavy atom. The third-order valence-electron chi connectivity index (χ3n) is 4.95. The van der Waals surface area contributed by atoms with Crippen LogP contribution in [-0.4, -0.2) is 54.7 Å². The van der Waals surface area contributed by atoms with Crippen molar-refractivity contribution in [2.24, 2.45) is 5.92 Å². The fourth-order valence-electron chi connectivity index (χ4n) is 3.65. The largest absolute Gasteiger partial charge is 0.374 e. The van der Waals surface area contributed by atoms with Gasteiger partial charge in [0.15, 0.2) is 0 Å². The zero-order chi connectivity index (χ0) is 14.6. The molecule has 2 fully saturated rings. The molecule has 118 valence electrons. The van der Waals surface area contributed by atoms with Gasteiger partial charge in [-0.1, -0.05) is 19.8 Å². The minimum Gasteiger partial charge on any atom is -0.374 e. The van der Waals surface area contributed by atoms with E-state index in [1.54, 1.807) is 0 Å². The summed E-state index contributed by atoms with van der Waals surface area (Å²) in [5.74, 6) is 1.51. The molecule has 2 rings (SSSR count).